The molecule has 4 rings (SSSR count). The van der Waals surface area contributed by atoms with E-state index in [1.54, 1.807) is 0 Å². The van der Waals surface area contributed by atoms with Crippen molar-refractivity contribution in [1.82, 2.24) is 14.8 Å². The Labute approximate surface area is 196 Å². The fraction of sp³-hybridized carbons (Fsp3) is 0.435. The average Bonchev–Trinajstić information content (AvgIpc) is 3.37. The number of halogens is 1. The summed E-state index contributed by atoms with van der Waals surface area (Å²) in [5, 5.41) is 4.64. The zero-order chi connectivity index (χ0) is 22.9. The molecule has 0 amide bonds. The zero-order valence-corrected chi connectivity index (χ0v) is 20.1. The fourth-order valence-electron chi connectivity index (χ4n) is 3.62. The van der Waals surface area contributed by atoms with Crippen LogP contribution in [-0.4, -0.2) is 47.0 Å². The van der Waals surface area contributed by atoms with Crippen molar-refractivity contribution >= 4 is 34.7 Å². The second-order valence-electron chi connectivity index (χ2n) is 8.91. The normalized spacial score (nSPS) is 14.7. The lowest BCUT2D eigenvalue weighted by Gasteiger charge is -2.28. The third-order valence-corrected chi connectivity index (χ3v) is 6.64. The molecule has 32 heavy (non-hydrogen) atoms. The van der Waals surface area contributed by atoms with Gasteiger partial charge in [-0.15, -0.1) is 11.3 Å². The molecule has 9 heteroatoms. The SMILES string of the molecule is CC(C)(C)C(=O)n1nc(-c2cc(N3CCOCC3)[nH]c(=O)c2)cc1CCc1ccc(Cl)s1. The maximum atomic E-state index is 13.1. The number of nitrogens with zero attached hydrogens (tertiary/aromatic N) is 3. The van der Waals surface area contributed by atoms with Crippen LogP contribution >= 0.6 is 22.9 Å². The first-order valence-electron chi connectivity index (χ1n) is 10.7. The number of carbonyl (C=O) groups is 1. The summed E-state index contributed by atoms with van der Waals surface area (Å²) in [5.41, 5.74) is 1.34. The number of anilines is 1. The van der Waals surface area contributed by atoms with Crippen molar-refractivity contribution in [1.29, 1.82) is 0 Å². The smallest absolute Gasteiger partial charge is 0.252 e. The molecule has 1 aliphatic heterocycles. The summed E-state index contributed by atoms with van der Waals surface area (Å²) >= 11 is 7.60. The third-order valence-electron chi connectivity index (χ3n) is 5.35. The number of aromatic amines is 1. The number of hydrogen-bond donors (Lipinski definition) is 1. The fourth-order valence-corrected chi connectivity index (χ4v) is 4.71. The van der Waals surface area contributed by atoms with Crippen molar-refractivity contribution < 1.29 is 9.53 Å². The Morgan fingerprint density at radius 2 is 1.94 bits per heavy atom. The minimum Gasteiger partial charge on any atom is -0.378 e. The van der Waals surface area contributed by atoms with Crippen molar-refractivity contribution in [2.45, 2.75) is 33.6 Å². The molecular weight excluding hydrogens is 448 g/mol. The van der Waals surface area contributed by atoms with Gasteiger partial charge in [0, 0.05) is 40.7 Å². The van der Waals surface area contributed by atoms with E-state index in [1.807, 2.05) is 45.0 Å². The number of carbonyl (C=O) groups excluding carboxylic acids is 1. The summed E-state index contributed by atoms with van der Waals surface area (Å²) < 4.78 is 7.66. The van der Waals surface area contributed by atoms with Crippen LogP contribution in [0.15, 0.2) is 35.1 Å². The third kappa shape index (κ3) is 5.14. The van der Waals surface area contributed by atoms with E-state index in [9.17, 15) is 9.59 Å². The van der Waals surface area contributed by atoms with Crippen molar-refractivity contribution in [3.05, 3.63) is 55.6 Å². The summed E-state index contributed by atoms with van der Waals surface area (Å²) in [6, 6.07) is 9.25. The number of rotatable bonds is 5. The number of pyridine rings is 1. The molecule has 1 fully saturated rings. The number of aryl methyl sites for hydroxylation is 2. The number of hydrogen-bond acceptors (Lipinski definition) is 6. The lowest BCUT2D eigenvalue weighted by molar-refractivity contribution is 0.0745. The van der Waals surface area contributed by atoms with Gasteiger partial charge in [0.2, 0.25) is 5.56 Å². The lowest BCUT2D eigenvalue weighted by atomic mass is 9.95. The molecule has 0 unspecified atom stereocenters. The predicted octanol–water partition coefficient (Wildman–Crippen LogP) is 4.26. The number of thiophene rings is 1. The van der Waals surface area contributed by atoms with Gasteiger partial charge in [-0.25, -0.2) is 4.68 Å². The summed E-state index contributed by atoms with van der Waals surface area (Å²) in [6.45, 7) is 8.31. The quantitative estimate of drug-likeness (QED) is 0.597. The van der Waals surface area contributed by atoms with Gasteiger partial charge in [-0.2, -0.15) is 5.10 Å². The maximum Gasteiger partial charge on any atom is 0.252 e. The highest BCUT2D eigenvalue weighted by atomic mass is 35.5. The molecule has 0 bridgehead atoms. The van der Waals surface area contributed by atoms with Gasteiger partial charge in [0.1, 0.15) is 5.82 Å². The van der Waals surface area contributed by atoms with Gasteiger partial charge in [0.15, 0.2) is 0 Å². The van der Waals surface area contributed by atoms with Gasteiger partial charge in [-0.05, 0) is 37.1 Å². The molecule has 1 saturated heterocycles. The van der Waals surface area contributed by atoms with E-state index >= 15 is 0 Å². The predicted molar refractivity (Wildman–Crippen MR) is 128 cm³/mol. The second-order valence-corrected chi connectivity index (χ2v) is 10.7. The number of ether oxygens (including phenoxy) is 1. The molecule has 3 aromatic rings. The van der Waals surface area contributed by atoms with Gasteiger partial charge in [0.05, 0.1) is 23.2 Å². The van der Waals surface area contributed by atoms with Crippen molar-refractivity contribution in [2.24, 2.45) is 5.41 Å². The van der Waals surface area contributed by atoms with E-state index < -0.39 is 5.41 Å². The number of aromatic nitrogens is 3. The molecule has 0 aromatic carbocycles. The van der Waals surface area contributed by atoms with Crippen LogP contribution in [0, 0.1) is 5.41 Å². The molecular formula is C23H27ClN4O3S. The highest BCUT2D eigenvalue weighted by Crippen LogP contribution is 2.27. The van der Waals surface area contributed by atoms with Crippen LogP contribution in [-0.2, 0) is 17.6 Å². The van der Waals surface area contributed by atoms with Crippen LogP contribution in [0.25, 0.3) is 11.3 Å². The Hall–Kier alpha value is -2.42. The number of nitrogens with one attached hydrogen (secondary N) is 1. The summed E-state index contributed by atoms with van der Waals surface area (Å²) in [4.78, 5) is 31.7. The molecule has 4 heterocycles. The standard InChI is InChI=1S/C23H27ClN4O3S/c1-23(2,3)22(30)28-16(4-5-17-6-7-19(24)32-17)14-18(26-28)15-12-20(25-21(29)13-15)27-8-10-31-11-9-27/h6-7,12-14H,4-5,8-11H2,1-3H3,(H,25,29). The van der Waals surface area contributed by atoms with Crippen LogP contribution in [0.3, 0.4) is 0 Å². The molecule has 7 nitrogen and oxygen atoms in total. The van der Waals surface area contributed by atoms with E-state index in [2.05, 4.69) is 15.0 Å². The highest BCUT2D eigenvalue weighted by Gasteiger charge is 2.27. The molecule has 170 valence electrons. The van der Waals surface area contributed by atoms with E-state index in [4.69, 9.17) is 16.3 Å². The van der Waals surface area contributed by atoms with Gasteiger partial charge in [0.25, 0.3) is 5.91 Å². The lowest BCUT2D eigenvalue weighted by Crippen LogP contribution is -2.37. The molecule has 3 aromatic heterocycles. The van der Waals surface area contributed by atoms with Crippen LogP contribution in [0.5, 0.6) is 0 Å². The summed E-state index contributed by atoms with van der Waals surface area (Å²) in [7, 11) is 0. The van der Waals surface area contributed by atoms with Crippen LogP contribution in [0.1, 0.15) is 36.1 Å². The first-order valence-corrected chi connectivity index (χ1v) is 11.9. The van der Waals surface area contributed by atoms with Gasteiger partial charge < -0.3 is 14.6 Å². The van der Waals surface area contributed by atoms with Crippen LogP contribution in [0.4, 0.5) is 5.82 Å². The van der Waals surface area contributed by atoms with Crippen molar-refractivity contribution in [3.8, 4) is 11.3 Å². The van der Waals surface area contributed by atoms with E-state index in [0.717, 1.165) is 27.1 Å². The van der Waals surface area contributed by atoms with Crippen molar-refractivity contribution in [2.75, 3.05) is 31.2 Å². The Bertz CT molecular complexity index is 1170. The number of morpholine rings is 1. The molecule has 1 aliphatic rings. The van der Waals surface area contributed by atoms with E-state index in [1.165, 1.54) is 22.1 Å². The highest BCUT2D eigenvalue weighted by molar-refractivity contribution is 7.16. The minimum atomic E-state index is -0.586. The maximum absolute atomic E-state index is 13.1. The molecule has 0 saturated carbocycles. The van der Waals surface area contributed by atoms with Gasteiger partial charge in [-0.1, -0.05) is 32.4 Å². The Morgan fingerprint density at radius 3 is 2.59 bits per heavy atom. The van der Waals surface area contributed by atoms with Crippen LogP contribution in [0.2, 0.25) is 4.34 Å². The second kappa shape index (κ2) is 9.21. The van der Waals surface area contributed by atoms with Crippen molar-refractivity contribution in [3.63, 3.8) is 0 Å². The largest absolute Gasteiger partial charge is 0.378 e. The molecule has 0 atom stereocenters. The van der Waals surface area contributed by atoms with Gasteiger partial charge >= 0.3 is 0 Å². The Kier molecular flexibility index (Phi) is 6.55. The van der Waals surface area contributed by atoms with Crippen LogP contribution < -0.4 is 10.5 Å². The first kappa shape index (κ1) is 22.8. The van der Waals surface area contributed by atoms with E-state index in [0.29, 0.717) is 44.0 Å². The Balaban J connectivity index is 1.69. The Morgan fingerprint density at radius 1 is 1.19 bits per heavy atom. The molecule has 0 spiro atoms. The zero-order valence-electron chi connectivity index (χ0n) is 18.5. The minimum absolute atomic E-state index is 0.0822. The molecule has 0 aliphatic carbocycles. The first-order chi connectivity index (χ1) is 15.2. The summed E-state index contributed by atoms with van der Waals surface area (Å²) in [5.74, 6) is 0.656. The molecule has 1 N–H and O–H groups in total. The average molecular weight is 475 g/mol. The number of H-pyrrole nitrogens is 1. The van der Waals surface area contributed by atoms with Gasteiger partial charge in [-0.3, -0.25) is 9.59 Å². The van der Waals surface area contributed by atoms with E-state index in [-0.39, 0.29) is 11.5 Å². The summed E-state index contributed by atoms with van der Waals surface area (Å²) in [6.07, 6.45) is 1.40. The molecule has 0 radical (unpaired) electrons. The topological polar surface area (TPSA) is 80.2 Å². The monoisotopic (exact) mass is 474 g/mol.